The number of esters is 1. The number of Topliss-reactive ketones (excluding diaryl/α,β-unsaturated/α-hetero) is 2. The number of aliphatic hydroxyl groups is 1. The molecule has 0 atom stereocenters. The third-order valence-electron chi connectivity index (χ3n) is 3.40. The number of ether oxygens (including phenoxy) is 1. The normalized spacial score (nSPS) is 14.9. The van der Waals surface area contributed by atoms with Crippen molar-refractivity contribution >= 4 is 23.3 Å². The van der Waals surface area contributed by atoms with Gasteiger partial charge in [0.2, 0.25) is 11.6 Å². The topological polar surface area (TPSA) is 80.7 Å². The molecule has 0 saturated carbocycles. The van der Waals surface area contributed by atoms with Gasteiger partial charge in [0.1, 0.15) is 5.76 Å². The first-order valence-electron chi connectivity index (χ1n) is 6.91. The molecule has 22 heavy (non-hydrogen) atoms. The molecule has 2 rings (SSSR count). The van der Waals surface area contributed by atoms with E-state index in [0.29, 0.717) is 11.1 Å². The van der Waals surface area contributed by atoms with Gasteiger partial charge in [0.25, 0.3) is 0 Å². The van der Waals surface area contributed by atoms with Crippen LogP contribution in [-0.2, 0) is 14.3 Å². The van der Waals surface area contributed by atoms with Crippen LogP contribution in [0.1, 0.15) is 36.2 Å². The fourth-order valence-electron chi connectivity index (χ4n) is 2.19. The third-order valence-corrected chi connectivity index (χ3v) is 3.40. The molecule has 1 aliphatic carbocycles. The van der Waals surface area contributed by atoms with E-state index < -0.39 is 17.5 Å². The van der Waals surface area contributed by atoms with Crippen LogP contribution in [0.3, 0.4) is 0 Å². The second kappa shape index (κ2) is 6.39. The van der Waals surface area contributed by atoms with Gasteiger partial charge >= 0.3 is 5.97 Å². The number of hydrogen-bond acceptors (Lipinski definition) is 5. The van der Waals surface area contributed by atoms with Crippen LogP contribution in [0.25, 0.3) is 5.76 Å². The molecular weight excluding hydrogens is 284 g/mol. The molecule has 0 aromatic heterocycles. The summed E-state index contributed by atoms with van der Waals surface area (Å²) in [7, 11) is 0. The van der Waals surface area contributed by atoms with E-state index in [0.717, 1.165) is 0 Å². The number of allylic oxidation sites excluding steroid dienone is 2. The van der Waals surface area contributed by atoms with Gasteiger partial charge in [-0.3, -0.25) is 9.59 Å². The van der Waals surface area contributed by atoms with Crippen LogP contribution in [0.2, 0.25) is 0 Å². The van der Waals surface area contributed by atoms with Gasteiger partial charge in [0.05, 0.1) is 6.61 Å². The van der Waals surface area contributed by atoms with Crippen LogP contribution in [0.5, 0.6) is 0 Å². The van der Waals surface area contributed by atoms with Crippen molar-refractivity contribution in [1.82, 2.24) is 0 Å². The minimum Gasteiger partial charge on any atom is -0.507 e. The number of ketones is 2. The number of carbonyl (C=O) groups excluding carboxylic acids is 3. The highest BCUT2D eigenvalue weighted by atomic mass is 16.5. The minimum atomic E-state index is -0.746. The van der Waals surface area contributed by atoms with Gasteiger partial charge in [0, 0.05) is 22.3 Å². The van der Waals surface area contributed by atoms with Crippen molar-refractivity contribution in [3.05, 3.63) is 52.6 Å². The third kappa shape index (κ3) is 2.83. The maximum atomic E-state index is 12.1. The fourth-order valence-corrected chi connectivity index (χ4v) is 2.19. The Hall–Kier alpha value is -2.69. The summed E-state index contributed by atoms with van der Waals surface area (Å²) in [5, 5.41) is 10.2. The van der Waals surface area contributed by atoms with E-state index in [-0.39, 0.29) is 29.9 Å². The van der Waals surface area contributed by atoms with Crippen molar-refractivity contribution in [3.8, 4) is 0 Å². The molecule has 0 aliphatic heterocycles. The Morgan fingerprint density at radius 1 is 1.18 bits per heavy atom. The highest BCUT2D eigenvalue weighted by molar-refractivity contribution is 6.52. The van der Waals surface area contributed by atoms with Crippen molar-refractivity contribution in [2.24, 2.45) is 0 Å². The maximum Gasteiger partial charge on any atom is 0.333 e. The molecular formula is C17H16O5. The average Bonchev–Trinajstić information content (AvgIpc) is 2.52. The highest BCUT2D eigenvalue weighted by Gasteiger charge is 2.31. The van der Waals surface area contributed by atoms with Gasteiger partial charge in [0.15, 0.2) is 0 Å². The monoisotopic (exact) mass is 300 g/mol. The van der Waals surface area contributed by atoms with Crippen LogP contribution < -0.4 is 0 Å². The standard InChI is InChI=1S/C17H16O5/c1-3-22-17(21)10(2)8-9-13-14(18)11-6-4-5-7-12(11)15(19)16(13)20/h4-8,18H,3,9H2,1-2H3/b10-8+. The zero-order valence-corrected chi connectivity index (χ0v) is 12.4. The maximum absolute atomic E-state index is 12.1. The van der Waals surface area contributed by atoms with Crippen molar-refractivity contribution in [2.75, 3.05) is 6.61 Å². The zero-order valence-electron chi connectivity index (χ0n) is 12.4. The Labute approximate surface area is 127 Å². The molecule has 1 aromatic carbocycles. The fraction of sp³-hybridized carbons (Fsp3) is 0.235. The lowest BCUT2D eigenvalue weighted by Crippen LogP contribution is -2.23. The molecule has 0 radical (unpaired) electrons. The van der Waals surface area contributed by atoms with Crippen molar-refractivity contribution in [3.63, 3.8) is 0 Å². The van der Waals surface area contributed by atoms with Crippen LogP contribution >= 0.6 is 0 Å². The first-order chi connectivity index (χ1) is 10.5. The summed E-state index contributed by atoms with van der Waals surface area (Å²) in [5.74, 6) is -2.10. The number of hydrogen-bond donors (Lipinski definition) is 1. The Morgan fingerprint density at radius 2 is 1.82 bits per heavy atom. The van der Waals surface area contributed by atoms with E-state index in [4.69, 9.17) is 4.74 Å². The predicted molar refractivity (Wildman–Crippen MR) is 80.3 cm³/mol. The summed E-state index contributed by atoms with van der Waals surface area (Å²) in [6.45, 7) is 3.50. The number of benzene rings is 1. The van der Waals surface area contributed by atoms with Gasteiger partial charge in [-0.05, 0) is 20.3 Å². The summed E-state index contributed by atoms with van der Waals surface area (Å²) in [5.41, 5.74) is 0.845. The Bertz CT molecular complexity index is 710. The summed E-state index contributed by atoms with van der Waals surface area (Å²) in [4.78, 5) is 35.7. The molecule has 5 heteroatoms. The van der Waals surface area contributed by atoms with Crippen molar-refractivity contribution in [2.45, 2.75) is 20.3 Å². The molecule has 5 nitrogen and oxygen atoms in total. The second-order valence-corrected chi connectivity index (χ2v) is 4.84. The summed E-state index contributed by atoms with van der Waals surface area (Å²) in [6.07, 6.45) is 1.47. The van der Waals surface area contributed by atoms with E-state index in [9.17, 15) is 19.5 Å². The molecule has 0 bridgehead atoms. The minimum absolute atomic E-state index is 0.00457. The van der Waals surface area contributed by atoms with E-state index in [2.05, 4.69) is 0 Å². The number of rotatable bonds is 4. The highest BCUT2D eigenvalue weighted by Crippen LogP contribution is 2.29. The average molecular weight is 300 g/mol. The van der Waals surface area contributed by atoms with E-state index in [1.165, 1.54) is 12.1 Å². The molecule has 0 heterocycles. The number of fused-ring (bicyclic) bond motifs is 1. The lowest BCUT2D eigenvalue weighted by molar-refractivity contribution is -0.138. The lowest BCUT2D eigenvalue weighted by Gasteiger charge is -2.16. The van der Waals surface area contributed by atoms with Crippen molar-refractivity contribution < 1.29 is 24.2 Å². The van der Waals surface area contributed by atoms with Gasteiger partial charge in [-0.25, -0.2) is 4.79 Å². The number of carbonyl (C=O) groups is 3. The molecule has 1 aliphatic rings. The predicted octanol–water partition coefficient (Wildman–Crippen LogP) is 2.62. The first kappa shape index (κ1) is 15.7. The molecule has 0 spiro atoms. The Kier molecular flexibility index (Phi) is 4.56. The van der Waals surface area contributed by atoms with Crippen LogP contribution in [0, 0.1) is 0 Å². The van der Waals surface area contributed by atoms with Gasteiger partial charge < -0.3 is 9.84 Å². The van der Waals surface area contributed by atoms with E-state index in [1.54, 1.807) is 32.0 Å². The van der Waals surface area contributed by atoms with Crippen LogP contribution in [0.4, 0.5) is 0 Å². The van der Waals surface area contributed by atoms with Gasteiger partial charge in [-0.1, -0.05) is 30.3 Å². The van der Waals surface area contributed by atoms with E-state index in [1.807, 2.05) is 0 Å². The molecule has 0 fully saturated rings. The molecule has 0 saturated heterocycles. The molecule has 0 amide bonds. The lowest BCUT2D eigenvalue weighted by atomic mass is 9.87. The molecule has 0 unspecified atom stereocenters. The molecule has 1 N–H and O–H groups in total. The van der Waals surface area contributed by atoms with Crippen molar-refractivity contribution in [1.29, 1.82) is 0 Å². The van der Waals surface area contributed by atoms with E-state index >= 15 is 0 Å². The van der Waals surface area contributed by atoms with Gasteiger partial charge in [-0.15, -0.1) is 0 Å². The van der Waals surface area contributed by atoms with Crippen LogP contribution in [-0.4, -0.2) is 29.2 Å². The molecule has 1 aromatic rings. The summed E-state index contributed by atoms with van der Waals surface area (Å²) < 4.78 is 4.84. The quantitative estimate of drug-likeness (QED) is 0.525. The first-order valence-corrected chi connectivity index (χ1v) is 6.91. The summed E-state index contributed by atoms with van der Waals surface area (Å²) in [6, 6.07) is 6.39. The Morgan fingerprint density at radius 3 is 2.45 bits per heavy atom. The Balaban J connectivity index is 2.35. The SMILES string of the molecule is CCOC(=O)/C(C)=C/CC1=C(O)c2ccccc2C(=O)C1=O. The second-order valence-electron chi connectivity index (χ2n) is 4.84. The number of aliphatic hydroxyl groups excluding tert-OH is 1. The van der Waals surface area contributed by atoms with Crippen LogP contribution in [0.15, 0.2) is 41.5 Å². The smallest absolute Gasteiger partial charge is 0.333 e. The summed E-state index contributed by atoms with van der Waals surface area (Å²) >= 11 is 0. The molecule has 114 valence electrons. The van der Waals surface area contributed by atoms with Gasteiger partial charge in [-0.2, -0.15) is 0 Å². The largest absolute Gasteiger partial charge is 0.507 e. The zero-order chi connectivity index (χ0) is 16.3.